The predicted octanol–water partition coefficient (Wildman–Crippen LogP) is 2.63. The van der Waals surface area contributed by atoms with Crippen LogP contribution < -0.4 is 15.4 Å². The van der Waals surface area contributed by atoms with Gasteiger partial charge in [0.1, 0.15) is 5.75 Å². The summed E-state index contributed by atoms with van der Waals surface area (Å²) in [6.45, 7) is 4.09. The van der Waals surface area contributed by atoms with E-state index in [1.807, 2.05) is 49.4 Å². The van der Waals surface area contributed by atoms with Gasteiger partial charge in [-0.2, -0.15) is 0 Å². The molecule has 0 saturated carbocycles. The number of likely N-dealkylation sites (N-methyl/N-ethyl adjacent to an activating group) is 1. The van der Waals surface area contributed by atoms with Crippen LogP contribution in [0.1, 0.15) is 30.0 Å². The van der Waals surface area contributed by atoms with Gasteiger partial charge in [-0.25, -0.2) is 0 Å². The van der Waals surface area contributed by atoms with Crippen molar-refractivity contribution in [3.63, 3.8) is 0 Å². The molecule has 2 atom stereocenters. The van der Waals surface area contributed by atoms with E-state index in [0.29, 0.717) is 13.1 Å². The van der Waals surface area contributed by atoms with Gasteiger partial charge in [0.15, 0.2) is 5.96 Å². The highest BCUT2D eigenvalue weighted by molar-refractivity contribution is 5.79. The van der Waals surface area contributed by atoms with Crippen molar-refractivity contribution < 1.29 is 9.84 Å². The van der Waals surface area contributed by atoms with E-state index >= 15 is 0 Å². The molecule has 2 aromatic rings. The molecular formula is C23H34N4O2. The van der Waals surface area contributed by atoms with E-state index in [4.69, 9.17) is 9.73 Å². The maximum Gasteiger partial charge on any atom is 0.191 e. The summed E-state index contributed by atoms with van der Waals surface area (Å²) in [6, 6.07) is 18.3. The average molecular weight is 399 g/mol. The maximum atomic E-state index is 9.78. The molecule has 0 radical (unpaired) electrons. The van der Waals surface area contributed by atoms with Gasteiger partial charge in [-0.3, -0.25) is 4.99 Å². The number of hydrogen-bond acceptors (Lipinski definition) is 4. The van der Waals surface area contributed by atoms with E-state index in [-0.39, 0.29) is 18.6 Å². The van der Waals surface area contributed by atoms with Gasteiger partial charge in [-0.1, -0.05) is 42.5 Å². The summed E-state index contributed by atoms with van der Waals surface area (Å²) in [5.74, 6) is 1.58. The zero-order valence-electron chi connectivity index (χ0n) is 17.9. The Balaban J connectivity index is 2.08. The number of aliphatic hydroxyl groups excluding tert-OH is 1. The second kappa shape index (κ2) is 12.1. The van der Waals surface area contributed by atoms with E-state index in [2.05, 4.69) is 41.8 Å². The first-order chi connectivity index (χ1) is 14.1. The van der Waals surface area contributed by atoms with Gasteiger partial charge in [-0.15, -0.1) is 0 Å². The van der Waals surface area contributed by atoms with Crippen molar-refractivity contribution in [1.29, 1.82) is 0 Å². The third-order valence-electron chi connectivity index (χ3n) is 4.87. The van der Waals surface area contributed by atoms with Crippen LogP contribution in [0.2, 0.25) is 0 Å². The monoisotopic (exact) mass is 398 g/mol. The summed E-state index contributed by atoms with van der Waals surface area (Å²) in [7, 11) is 5.81. The molecule has 29 heavy (non-hydrogen) atoms. The predicted molar refractivity (Wildman–Crippen MR) is 120 cm³/mol. The number of rotatable bonds is 10. The van der Waals surface area contributed by atoms with E-state index in [1.165, 1.54) is 5.56 Å². The number of methoxy groups -OCH3 is 1. The molecule has 0 aliphatic heterocycles. The van der Waals surface area contributed by atoms with Crippen LogP contribution in [-0.4, -0.2) is 63.4 Å². The van der Waals surface area contributed by atoms with Crippen LogP contribution in [0.5, 0.6) is 5.75 Å². The lowest BCUT2D eigenvalue weighted by molar-refractivity contribution is 0.268. The summed E-state index contributed by atoms with van der Waals surface area (Å²) in [4.78, 5) is 6.88. The second-order valence-electron chi connectivity index (χ2n) is 7.15. The fourth-order valence-electron chi connectivity index (χ4n) is 3.18. The summed E-state index contributed by atoms with van der Waals surface area (Å²) in [5, 5.41) is 16.5. The Labute approximate surface area is 174 Å². The third kappa shape index (κ3) is 7.07. The molecule has 0 saturated heterocycles. The topological polar surface area (TPSA) is 69.1 Å². The number of nitrogens with one attached hydrogen (secondary N) is 2. The van der Waals surface area contributed by atoms with E-state index < -0.39 is 0 Å². The number of ether oxygens (including phenoxy) is 1. The molecular weight excluding hydrogens is 364 g/mol. The van der Waals surface area contributed by atoms with Crippen LogP contribution in [0, 0.1) is 0 Å². The molecule has 6 nitrogen and oxygen atoms in total. The van der Waals surface area contributed by atoms with Gasteiger partial charge in [0, 0.05) is 19.0 Å². The van der Waals surface area contributed by atoms with Crippen LogP contribution >= 0.6 is 0 Å². The fraction of sp³-hybridized carbons (Fsp3) is 0.435. The van der Waals surface area contributed by atoms with Crippen molar-refractivity contribution in [2.75, 3.05) is 47.4 Å². The molecule has 3 N–H and O–H groups in total. The minimum Gasteiger partial charge on any atom is -0.497 e. The summed E-state index contributed by atoms with van der Waals surface area (Å²) in [5.41, 5.74) is 2.27. The first kappa shape index (κ1) is 22.7. The highest BCUT2D eigenvalue weighted by atomic mass is 16.5. The lowest BCUT2D eigenvalue weighted by Crippen LogP contribution is -2.42. The Kier molecular flexibility index (Phi) is 9.47. The zero-order chi connectivity index (χ0) is 21.1. The second-order valence-corrected chi connectivity index (χ2v) is 7.15. The number of benzene rings is 2. The van der Waals surface area contributed by atoms with Crippen LogP contribution in [0.3, 0.4) is 0 Å². The van der Waals surface area contributed by atoms with Gasteiger partial charge < -0.3 is 25.4 Å². The largest absolute Gasteiger partial charge is 0.497 e. The van der Waals surface area contributed by atoms with E-state index in [1.54, 1.807) is 7.11 Å². The first-order valence-electron chi connectivity index (χ1n) is 10.1. The lowest BCUT2D eigenvalue weighted by Gasteiger charge is -2.26. The standard InChI is InChI=1S/C23H34N4O2/c1-5-24-23(25-15-20(17-28)18-10-7-6-8-11-18)26-16-22(27(2)3)19-12-9-13-21(14-19)29-4/h6-14,20,22,28H,5,15-17H2,1-4H3,(H2,24,25,26). The highest BCUT2D eigenvalue weighted by Gasteiger charge is 2.16. The van der Waals surface area contributed by atoms with Crippen molar-refractivity contribution in [3.8, 4) is 5.75 Å². The summed E-state index contributed by atoms with van der Waals surface area (Å²) < 4.78 is 5.37. The van der Waals surface area contributed by atoms with Crippen LogP contribution in [0.4, 0.5) is 0 Å². The Hall–Kier alpha value is -2.57. The SMILES string of the molecule is CCNC(=NCC(CO)c1ccccc1)NCC(c1cccc(OC)c1)N(C)C. The molecule has 6 heteroatoms. The van der Waals surface area contributed by atoms with Crippen molar-refractivity contribution in [3.05, 3.63) is 65.7 Å². The first-order valence-corrected chi connectivity index (χ1v) is 10.1. The number of nitrogens with zero attached hydrogens (tertiary/aromatic N) is 2. The van der Waals surface area contributed by atoms with Crippen molar-refractivity contribution in [2.24, 2.45) is 4.99 Å². The fourth-order valence-corrected chi connectivity index (χ4v) is 3.18. The number of hydrogen-bond donors (Lipinski definition) is 3. The third-order valence-corrected chi connectivity index (χ3v) is 4.87. The minimum absolute atomic E-state index is 0.0188. The van der Waals surface area contributed by atoms with Crippen molar-refractivity contribution >= 4 is 5.96 Å². The van der Waals surface area contributed by atoms with Gasteiger partial charge in [0.25, 0.3) is 0 Å². The average Bonchev–Trinajstić information content (AvgIpc) is 2.75. The van der Waals surface area contributed by atoms with Crippen LogP contribution in [0.25, 0.3) is 0 Å². The molecule has 0 aromatic heterocycles. The van der Waals surface area contributed by atoms with Gasteiger partial charge in [0.05, 0.1) is 26.3 Å². The molecule has 2 rings (SSSR count). The summed E-state index contributed by atoms with van der Waals surface area (Å²) >= 11 is 0. The molecule has 2 unspecified atom stereocenters. The molecule has 0 aliphatic carbocycles. The molecule has 158 valence electrons. The normalized spacial score (nSPS) is 13.8. The van der Waals surface area contributed by atoms with Crippen LogP contribution in [0.15, 0.2) is 59.6 Å². The van der Waals surface area contributed by atoms with Gasteiger partial charge in [0.2, 0.25) is 0 Å². The minimum atomic E-state index is -0.0188. The lowest BCUT2D eigenvalue weighted by atomic mass is 10.0. The number of aliphatic imine (C=N–C) groups is 1. The Morgan fingerprint density at radius 3 is 2.41 bits per heavy atom. The molecule has 0 bridgehead atoms. The molecule has 2 aromatic carbocycles. The van der Waals surface area contributed by atoms with E-state index in [9.17, 15) is 5.11 Å². The Morgan fingerprint density at radius 1 is 1.07 bits per heavy atom. The maximum absolute atomic E-state index is 9.78. The molecule has 0 aliphatic rings. The molecule has 0 heterocycles. The van der Waals surface area contributed by atoms with Gasteiger partial charge in [-0.05, 0) is 44.3 Å². The van der Waals surface area contributed by atoms with Crippen LogP contribution in [-0.2, 0) is 0 Å². The molecule has 0 spiro atoms. The number of aliphatic hydroxyl groups is 1. The van der Waals surface area contributed by atoms with Gasteiger partial charge >= 0.3 is 0 Å². The number of guanidine groups is 1. The Bertz CT molecular complexity index is 750. The van der Waals surface area contributed by atoms with Crippen molar-refractivity contribution in [1.82, 2.24) is 15.5 Å². The van der Waals surface area contributed by atoms with E-state index in [0.717, 1.165) is 23.8 Å². The summed E-state index contributed by atoms with van der Waals surface area (Å²) in [6.07, 6.45) is 0. The quantitative estimate of drug-likeness (QED) is 0.424. The molecule has 0 fully saturated rings. The molecule has 0 amide bonds. The Morgan fingerprint density at radius 2 is 1.79 bits per heavy atom. The zero-order valence-corrected chi connectivity index (χ0v) is 17.9. The van der Waals surface area contributed by atoms with Crippen molar-refractivity contribution in [2.45, 2.75) is 18.9 Å². The highest BCUT2D eigenvalue weighted by Crippen LogP contribution is 2.22. The smallest absolute Gasteiger partial charge is 0.191 e.